The second-order valence-electron chi connectivity index (χ2n) is 7.21. The Morgan fingerprint density at radius 1 is 1.08 bits per heavy atom. The molecular formula is C19H22N6O. The lowest BCUT2D eigenvalue weighted by molar-refractivity contribution is 0.353. The van der Waals surface area contributed by atoms with E-state index < -0.39 is 0 Å². The van der Waals surface area contributed by atoms with Gasteiger partial charge in [0.05, 0.1) is 12.4 Å². The predicted octanol–water partition coefficient (Wildman–Crippen LogP) is 3.12. The van der Waals surface area contributed by atoms with Crippen molar-refractivity contribution in [3.8, 4) is 28.1 Å². The molecule has 2 N–H and O–H groups in total. The number of aromatic nitrogens is 5. The number of phenols is 1. The molecule has 26 heavy (non-hydrogen) atoms. The van der Waals surface area contributed by atoms with Crippen molar-refractivity contribution in [2.75, 3.05) is 18.0 Å². The summed E-state index contributed by atoms with van der Waals surface area (Å²) in [4.78, 5) is 6.68. The normalized spacial score (nSPS) is 20.3. The van der Waals surface area contributed by atoms with E-state index in [1.165, 1.54) is 6.42 Å². The zero-order valence-corrected chi connectivity index (χ0v) is 14.9. The fourth-order valence-electron chi connectivity index (χ4n) is 3.70. The van der Waals surface area contributed by atoms with Crippen LogP contribution in [0.15, 0.2) is 36.8 Å². The first-order valence-corrected chi connectivity index (χ1v) is 8.87. The molecule has 1 fully saturated rings. The maximum absolute atomic E-state index is 10.4. The minimum absolute atomic E-state index is 0.146. The lowest BCUT2D eigenvalue weighted by Gasteiger charge is -2.34. The lowest BCUT2D eigenvalue weighted by Crippen LogP contribution is -2.39. The molecule has 1 aliphatic rings. The molecule has 0 radical (unpaired) electrons. The summed E-state index contributed by atoms with van der Waals surface area (Å²) in [7, 11) is 0. The number of H-pyrrole nitrogens is 1. The van der Waals surface area contributed by atoms with E-state index in [1.54, 1.807) is 24.7 Å². The summed E-state index contributed by atoms with van der Waals surface area (Å²) in [5.41, 5.74) is 2.97. The van der Waals surface area contributed by atoms with E-state index in [-0.39, 0.29) is 5.75 Å². The molecule has 1 saturated heterocycles. The van der Waals surface area contributed by atoms with Crippen molar-refractivity contribution in [3.63, 3.8) is 0 Å². The number of benzene rings is 1. The van der Waals surface area contributed by atoms with Gasteiger partial charge in [0.2, 0.25) is 5.95 Å². The Balaban J connectivity index is 1.57. The van der Waals surface area contributed by atoms with Gasteiger partial charge in [0.15, 0.2) is 0 Å². The van der Waals surface area contributed by atoms with Crippen LogP contribution in [0.5, 0.6) is 5.75 Å². The van der Waals surface area contributed by atoms with Crippen molar-refractivity contribution in [2.24, 2.45) is 11.8 Å². The smallest absolute Gasteiger partial charge is 0.245 e. The van der Waals surface area contributed by atoms with Gasteiger partial charge in [0.1, 0.15) is 11.4 Å². The Morgan fingerprint density at radius 3 is 2.50 bits per heavy atom. The van der Waals surface area contributed by atoms with Crippen molar-refractivity contribution in [2.45, 2.75) is 20.3 Å². The van der Waals surface area contributed by atoms with E-state index in [9.17, 15) is 5.11 Å². The van der Waals surface area contributed by atoms with Gasteiger partial charge in [-0.1, -0.05) is 19.9 Å². The second kappa shape index (κ2) is 6.74. The number of nitrogens with zero attached hydrogens (tertiary/aromatic N) is 5. The number of aromatic amines is 1. The summed E-state index contributed by atoms with van der Waals surface area (Å²) in [5.74, 6) is 2.05. The monoisotopic (exact) mass is 350 g/mol. The average Bonchev–Trinajstić information content (AvgIpc) is 3.16. The van der Waals surface area contributed by atoms with Crippen LogP contribution in [0.4, 0.5) is 5.95 Å². The van der Waals surface area contributed by atoms with E-state index in [4.69, 9.17) is 0 Å². The van der Waals surface area contributed by atoms with Crippen LogP contribution in [0.25, 0.3) is 22.4 Å². The third-order valence-corrected chi connectivity index (χ3v) is 4.81. The van der Waals surface area contributed by atoms with Gasteiger partial charge in [-0.05, 0) is 36.0 Å². The van der Waals surface area contributed by atoms with Gasteiger partial charge in [-0.2, -0.15) is 5.10 Å². The van der Waals surface area contributed by atoms with Crippen LogP contribution >= 0.6 is 0 Å². The number of hydrogen-bond donors (Lipinski definition) is 2. The quantitative estimate of drug-likeness (QED) is 0.754. The molecular weight excluding hydrogens is 328 g/mol. The molecule has 4 rings (SSSR count). The van der Waals surface area contributed by atoms with E-state index in [1.807, 2.05) is 12.1 Å². The van der Waals surface area contributed by atoms with Crippen LogP contribution in [0.2, 0.25) is 0 Å². The standard InChI is InChI=1S/C19H22N6O/c1-12-5-13(2)11-25(10-12)19-20-9-17(23-24-19)16-4-3-14(6-18(16)26)15-7-21-22-8-15/h3-4,6-9,12-13,26H,5,10-11H2,1-2H3,(H,21,22). The van der Waals surface area contributed by atoms with Crippen molar-refractivity contribution in [1.29, 1.82) is 0 Å². The summed E-state index contributed by atoms with van der Waals surface area (Å²) in [5, 5.41) is 25.7. The van der Waals surface area contributed by atoms with Crippen LogP contribution in [0.3, 0.4) is 0 Å². The largest absolute Gasteiger partial charge is 0.507 e. The molecule has 0 saturated carbocycles. The highest BCUT2D eigenvalue weighted by Gasteiger charge is 2.24. The van der Waals surface area contributed by atoms with Gasteiger partial charge in [-0.25, -0.2) is 4.98 Å². The first kappa shape index (κ1) is 16.5. The first-order chi connectivity index (χ1) is 12.6. The van der Waals surface area contributed by atoms with Crippen LogP contribution in [-0.4, -0.2) is 43.6 Å². The van der Waals surface area contributed by atoms with E-state index in [0.29, 0.717) is 29.0 Å². The molecule has 0 bridgehead atoms. The molecule has 1 aliphatic heterocycles. The number of aromatic hydroxyl groups is 1. The number of hydrogen-bond acceptors (Lipinski definition) is 6. The fraction of sp³-hybridized carbons (Fsp3) is 0.368. The van der Waals surface area contributed by atoms with E-state index in [2.05, 4.69) is 44.1 Å². The third kappa shape index (κ3) is 3.24. The van der Waals surface area contributed by atoms with E-state index in [0.717, 1.165) is 24.2 Å². The maximum Gasteiger partial charge on any atom is 0.245 e. The molecule has 2 aromatic heterocycles. The van der Waals surface area contributed by atoms with Gasteiger partial charge >= 0.3 is 0 Å². The van der Waals surface area contributed by atoms with Crippen LogP contribution in [-0.2, 0) is 0 Å². The topological polar surface area (TPSA) is 90.8 Å². The Morgan fingerprint density at radius 2 is 1.88 bits per heavy atom. The van der Waals surface area contributed by atoms with Crippen molar-refractivity contribution in [1.82, 2.24) is 25.4 Å². The molecule has 2 atom stereocenters. The summed E-state index contributed by atoms with van der Waals surface area (Å²) in [6.45, 7) is 6.42. The number of rotatable bonds is 3. The lowest BCUT2D eigenvalue weighted by atomic mass is 9.92. The molecule has 134 valence electrons. The minimum atomic E-state index is 0.146. The Labute approximate surface area is 152 Å². The zero-order valence-electron chi connectivity index (χ0n) is 14.9. The van der Waals surface area contributed by atoms with Crippen molar-refractivity contribution >= 4 is 5.95 Å². The van der Waals surface area contributed by atoms with Gasteiger partial charge in [0.25, 0.3) is 0 Å². The fourth-order valence-corrected chi connectivity index (χ4v) is 3.70. The maximum atomic E-state index is 10.4. The molecule has 7 nitrogen and oxygen atoms in total. The molecule has 0 spiro atoms. The minimum Gasteiger partial charge on any atom is -0.507 e. The number of phenolic OH excluding ortho intramolecular Hbond substituents is 1. The molecule has 2 unspecified atom stereocenters. The molecule has 1 aromatic carbocycles. The van der Waals surface area contributed by atoms with Crippen LogP contribution < -0.4 is 4.90 Å². The number of anilines is 1. The molecule has 3 aromatic rings. The predicted molar refractivity (Wildman–Crippen MR) is 99.7 cm³/mol. The summed E-state index contributed by atoms with van der Waals surface area (Å²) in [6, 6.07) is 5.45. The Kier molecular flexibility index (Phi) is 4.28. The van der Waals surface area contributed by atoms with E-state index >= 15 is 0 Å². The third-order valence-electron chi connectivity index (χ3n) is 4.81. The van der Waals surface area contributed by atoms with Gasteiger partial charge < -0.3 is 10.0 Å². The molecule has 7 heteroatoms. The van der Waals surface area contributed by atoms with Gasteiger partial charge in [-0.15, -0.1) is 10.2 Å². The Hall–Kier alpha value is -2.96. The number of nitrogens with one attached hydrogen (secondary N) is 1. The summed E-state index contributed by atoms with van der Waals surface area (Å²) < 4.78 is 0. The average molecular weight is 350 g/mol. The summed E-state index contributed by atoms with van der Waals surface area (Å²) in [6.07, 6.45) is 6.41. The Bertz CT molecular complexity index is 868. The SMILES string of the molecule is CC1CC(C)CN(c2ncc(-c3ccc(-c4cn[nH]c4)cc3O)nn2)C1. The van der Waals surface area contributed by atoms with Crippen molar-refractivity contribution in [3.05, 3.63) is 36.8 Å². The van der Waals surface area contributed by atoms with Crippen molar-refractivity contribution < 1.29 is 5.11 Å². The molecule has 0 aliphatic carbocycles. The zero-order chi connectivity index (χ0) is 18.1. The van der Waals surface area contributed by atoms with Gasteiger partial charge in [-0.3, -0.25) is 5.10 Å². The molecule has 3 heterocycles. The summed E-state index contributed by atoms with van der Waals surface area (Å²) >= 11 is 0. The van der Waals surface area contributed by atoms with Crippen LogP contribution in [0.1, 0.15) is 20.3 Å². The highest BCUT2D eigenvalue weighted by atomic mass is 16.3. The molecule has 0 amide bonds. The number of piperidine rings is 1. The second-order valence-corrected chi connectivity index (χ2v) is 7.21. The first-order valence-electron chi connectivity index (χ1n) is 8.87. The van der Waals surface area contributed by atoms with Crippen LogP contribution in [0, 0.1) is 11.8 Å². The highest BCUT2D eigenvalue weighted by molar-refractivity contribution is 5.73. The van der Waals surface area contributed by atoms with Gasteiger partial charge in [0, 0.05) is 30.4 Å². The highest BCUT2D eigenvalue weighted by Crippen LogP contribution is 2.32.